The Hall–Kier alpha value is -1.86. The van der Waals surface area contributed by atoms with Gasteiger partial charge in [0.05, 0.1) is 11.5 Å². The van der Waals surface area contributed by atoms with Crippen LogP contribution in [0.1, 0.15) is 31.7 Å². The molecule has 0 aliphatic carbocycles. The molecule has 1 N–H and O–H groups in total. The van der Waals surface area contributed by atoms with Crippen molar-refractivity contribution in [2.75, 3.05) is 13.2 Å². The lowest BCUT2D eigenvalue weighted by atomic mass is 10.2. The number of carbonyl (C=O) groups is 2. The van der Waals surface area contributed by atoms with Crippen molar-refractivity contribution in [2.45, 2.75) is 26.2 Å². The minimum Gasteiger partial charge on any atom is -0.494 e. The van der Waals surface area contributed by atoms with Gasteiger partial charge in [-0.15, -0.1) is 0 Å². The van der Waals surface area contributed by atoms with Crippen molar-refractivity contribution in [3.05, 3.63) is 34.7 Å². The summed E-state index contributed by atoms with van der Waals surface area (Å²) in [6.07, 6.45) is 3.12. The van der Waals surface area contributed by atoms with E-state index in [9.17, 15) is 9.59 Å². The van der Waals surface area contributed by atoms with Crippen molar-refractivity contribution >= 4 is 46.3 Å². The molecule has 0 unspecified atom stereocenters. The number of carboxylic acid groups (broad SMARTS) is 1. The van der Waals surface area contributed by atoms with E-state index >= 15 is 0 Å². The molecule has 0 saturated carbocycles. The average molecular weight is 365 g/mol. The van der Waals surface area contributed by atoms with Gasteiger partial charge in [0.1, 0.15) is 10.1 Å². The Morgan fingerprint density at radius 3 is 2.96 bits per heavy atom. The van der Waals surface area contributed by atoms with Gasteiger partial charge in [0, 0.05) is 13.0 Å². The highest BCUT2D eigenvalue weighted by Crippen LogP contribution is 2.33. The number of ether oxygens (including phenoxy) is 1. The van der Waals surface area contributed by atoms with Crippen molar-refractivity contribution in [2.24, 2.45) is 0 Å². The third-order valence-corrected chi connectivity index (χ3v) is 4.65. The summed E-state index contributed by atoms with van der Waals surface area (Å²) in [5.41, 5.74) is 0.870. The lowest BCUT2D eigenvalue weighted by molar-refractivity contribution is -0.137. The number of aliphatic carboxylic acids is 1. The average Bonchev–Trinajstić information content (AvgIpc) is 2.80. The minimum absolute atomic E-state index is 0.0208. The molecular formula is C17H19NO4S2. The first-order valence-electron chi connectivity index (χ1n) is 7.71. The number of carboxylic acids is 1. The molecule has 1 amide bonds. The van der Waals surface area contributed by atoms with E-state index in [-0.39, 0.29) is 12.3 Å². The second-order valence-electron chi connectivity index (χ2n) is 5.25. The van der Waals surface area contributed by atoms with Crippen LogP contribution in [-0.2, 0) is 9.59 Å². The van der Waals surface area contributed by atoms with Crippen molar-refractivity contribution in [3.63, 3.8) is 0 Å². The Bertz CT molecular complexity index is 672. The van der Waals surface area contributed by atoms with Crippen LogP contribution >= 0.6 is 24.0 Å². The molecule has 24 heavy (non-hydrogen) atoms. The minimum atomic E-state index is -0.875. The van der Waals surface area contributed by atoms with Gasteiger partial charge in [0.25, 0.3) is 5.91 Å². The van der Waals surface area contributed by atoms with E-state index in [1.54, 1.807) is 6.08 Å². The maximum atomic E-state index is 12.4. The molecule has 128 valence electrons. The van der Waals surface area contributed by atoms with Gasteiger partial charge in [-0.05, 0) is 36.6 Å². The van der Waals surface area contributed by atoms with Crippen LogP contribution in [0.25, 0.3) is 6.08 Å². The van der Waals surface area contributed by atoms with Gasteiger partial charge in [-0.3, -0.25) is 14.5 Å². The highest BCUT2D eigenvalue weighted by atomic mass is 32.2. The zero-order valence-electron chi connectivity index (χ0n) is 13.4. The quantitative estimate of drug-likeness (QED) is 0.561. The Morgan fingerprint density at radius 1 is 1.46 bits per heavy atom. The van der Waals surface area contributed by atoms with Crippen LogP contribution in [0.5, 0.6) is 5.75 Å². The molecule has 1 fully saturated rings. The van der Waals surface area contributed by atoms with Crippen molar-refractivity contribution < 1.29 is 19.4 Å². The maximum absolute atomic E-state index is 12.4. The highest BCUT2D eigenvalue weighted by molar-refractivity contribution is 8.26. The van der Waals surface area contributed by atoms with Crippen LogP contribution in [0.2, 0.25) is 0 Å². The Morgan fingerprint density at radius 2 is 2.25 bits per heavy atom. The molecule has 0 radical (unpaired) electrons. The second-order valence-corrected chi connectivity index (χ2v) is 6.93. The molecule has 7 heteroatoms. The van der Waals surface area contributed by atoms with Gasteiger partial charge in [0.15, 0.2) is 0 Å². The molecule has 0 bridgehead atoms. The number of rotatable bonds is 8. The number of carbonyl (C=O) groups excluding carboxylic acids is 1. The lowest BCUT2D eigenvalue weighted by Gasteiger charge is -2.13. The molecule has 1 aromatic carbocycles. The molecule has 1 aromatic rings. The van der Waals surface area contributed by atoms with Crippen LogP contribution in [0.15, 0.2) is 29.2 Å². The van der Waals surface area contributed by atoms with Gasteiger partial charge < -0.3 is 9.84 Å². The van der Waals surface area contributed by atoms with Gasteiger partial charge in [-0.2, -0.15) is 0 Å². The zero-order valence-corrected chi connectivity index (χ0v) is 15.0. The standard InChI is InChI=1S/C17H19NO4S2/c1-2-9-22-13-6-3-5-12(10-13)11-14-16(21)18(17(23)24-14)8-4-7-15(19)20/h3,5-6,10-11H,2,4,7-9H2,1H3,(H,19,20). The summed E-state index contributed by atoms with van der Waals surface area (Å²) in [5.74, 6) is -0.280. The predicted octanol–water partition coefficient (Wildman–Crippen LogP) is 3.54. The largest absolute Gasteiger partial charge is 0.494 e. The summed E-state index contributed by atoms with van der Waals surface area (Å²) in [5, 5.41) is 8.69. The van der Waals surface area contributed by atoms with Crippen molar-refractivity contribution in [1.29, 1.82) is 0 Å². The third kappa shape index (κ3) is 5.07. The van der Waals surface area contributed by atoms with Crippen LogP contribution in [0.3, 0.4) is 0 Å². The molecule has 1 heterocycles. The van der Waals surface area contributed by atoms with Gasteiger partial charge in [0.2, 0.25) is 0 Å². The first-order chi connectivity index (χ1) is 11.5. The molecule has 1 saturated heterocycles. The van der Waals surface area contributed by atoms with E-state index < -0.39 is 5.97 Å². The number of hydrogen-bond acceptors (Lipinski definition) is 5. The summed E-state index contributed by atoms with van der Waals surface area (Å²) in [6.45, 7) is 3.02. The summed E-state index contributed by atoms with van der Waals surface area (Å²) < 4.78 is 6.06. The normalized spacial score (nSPS) is 16.0. The molecule has 1 aliphatic rings. The van der Waals surface area contributed by atoms with Crippen LogP contribution < -0.4 is 4.74 Å². The van der Waals surface area contributed by atoms with E-state index in [4.69, 9.17) is 22.1 Å². The fourth-order valence-electron chi connectivity index (χ4n) is 2.15. The fourth-order valence-corrected chi connectivity index (χ4v) is 3.46. The first kappa shape index (κ1) is 18.5. The number of thiocarbonyl (C=S) groups is 1. The number of thioether (sulfide) groups is 1. The fraction of sp³-hybridized carbons (Fsp3) is 0.353. The topological polar surface area (TPSA) is 66.8 Å². The molecule has 5 nitrogen and oxygen atoms in total. The van der Waals surface area contributed by atoms with Crippen LogP contribution in [0.4, 0.5) is 0 Å². The van der Waals surface area contributed by atoms with E-state index in [2.05, 4.69) is 0 Å². The monoisotopic (exact) mass is 365 g/mol. The van der Waals surface area contributed by atoms with Gasteiger partial charge >= 0.3 is 5.97 Å². The maximum Gasteiger partial charge on any atom is 0.303 e. The Labute approximate surface area is 150 Å². The van der Waals surface area contributed by atoms with E-state index in [1.807, 2.05) is 31.2 Å². The third-order valence-electron chi connectivity index (χ3n) is 3.27. The SMILES string of the molecule is CCCOc1cccc(C=C2SC(=S)N(CCCC(=O)O)C2=O)c1. The smallest absolute Gasteiger partial charge is 0.303 e. The summed E-state index contributed by atoms with van der Waals surface area (Å²) in [6, 6.07) is 7.54. The second kappa shape index (κ2) is 8.84. The highest BCUT2D eigenvalue weighted by Gasteiger charge is 2.31. The number of hydrogen-bond donors (Lipinski definition) is 1. The molecule has 0 spiro atoms. The van der Waals surface area contributed by atoms with Crippen LogP contribution in [0, 0.1) is 0 Å². The Kier molecular flexibility index (Phi) is 6.81. The number of nitrogens with zero attached hydrogens (tertiary/aromatic N) is 1. The van der Waals surface area contributed by atoms with E-state index in [1.165, 1.54) is 16.7 Å². The first-order valence-corrected chi connectivity index (χ1v) is 8.93. The molecular weight excluding hydrogens is 346 g/mol. The van der Waals surface area contributed by atoms with Crippen LogP contribution in [-0.4, -0.2) is 39.4 Å². The van der Waals surface area contributed by atoms with Crippen molar-refractivity contribution in [3.8, 4) is 5.75 Å². The van der Waals surface area contributed by atoms with E-state index in [0.29, 0.717) is 28.8 Å². The van der Waals surface area contributed by atoms with Gasteiger partial charge in [-0.1, -0.05) is 43.0 Å². The summed E-state index contributed by atoms with van der Waals surface area (Å²) >= 11 is 6.47. The lowest BCUT2D eigenvalue weighted by Crippen LogP contribution is -2.29. The molecule has 0 aromatic heterocycles. The zero-order chi connectivity index (χ0) is 17.5. The predicted molar refractivity (Wildman–Crippen MR) is 99.0 cm³/mol. The number of amides is 1. The summed E-state index contributed by atoms with van der Waals surface area (Å²) in [4.78, 5) is 25.0. The van der Waals surface area contributed by atoms with E-state index in [0.717, 1.165) is 17.7 Å². The molecule has 2 rings (SSSR count). The number of benzene rings is 1. The van der Waals surface area contributed by atoms with Crippen molar-refractivity contribution in [1.82, 2.24) is 4.90 Å². The molecule has 0 atom stereocenters. The van der Waals surface area contributed by atoms with Gasteiger partial charge in [-0.25, -0.2) is 0 Å². The summed E-state index contributed by atoms with van der Waals surface area (Å²) in [7, 11) is 0. The molecule has 1 aliphatic heterocycles. The Balaban J connectivity index is 2.06.